The maximum absolute atomic E-state index is 11.4. The predicted molar refractivity (Wildman–Crippen MR) is 96.9 cm³/mol. The highest BCUT2D eigenvalue weighted by Gasteiger charge is 2.05. The van der Waals surface area contributed by atoms with Gasteiger partial charge in [-0.25, -0.2) is 4.79 Å². The zero-order valence-electron chi connectivity index (χ0n) is 13.0. The second kappa shape index (κ2) is 9.63. The van der Waals surface area contributed by atoms with Gasteiger partial charge >= 0.3 is 5.97 Å². The average molecular weight is 395 g/mol. The number of alkyl halides is 1. The lowest BCUT2D eigenvalue weighted by atomic mass is 10.2. The van der Waals surface area contributed by atoms with Crippen LogP contribution in [0.4, 0.5) is 0 Å². The van der Waals surface area contributed by atoms with Crippen molar-refractivity contribution in [2.75, 3.05) is 19.0 Å². The van der Waals surface area contributed by atoms with Crippen LogP contribution in [-0.4, -0.2) is 25.0 Å². The minimum Gasteiger partial charge on any atom is -0.494 e. The number of rotatable bonds is 8. The van der Waals surface area contributed by atoms with Gasteiger partial charge in [-0.2, -0.15) is 0 Å². The van der Waals surface area contributed by atoms with E-state index in [-0.39, 0.29) is 5.97 Å². The van der Waals surface area contributed by atoms with Crippen molar-refractivity contribution in [1.82, 2.24) is 0 Å². The van der Waals surface area contributed by atoms with Crippen LogP contribution in [0, 0.1) is 0 Å². The van der Waals surface area contributed by atoms with Crippen LogP contribution in [0.3, 0.4) is 0 Å². The Morgan fingerprint density at radius 1 is 1.09 bits per heavy atom. The van der Waals surface area contributed by atoms with Crippen LogP contribution in [0.2, 0.25) is 0 Å². The highest BCUT2D eigenvalue weighted by atomic mass is 79.9. The Labute approximate surface area is 149 Å². The number of hydrogen-bond acceptors (Lipinski definition) is 4. The molecule has 0 N–H and O–H groups in total. The summed E-state index contributed by atoms with van der Waals surface area (Å²) in [5, 5.41) is 1.01. The molecule has 5 heteroatoms. The molecule has 0 bridgehead atoms. The van der Waals surface area contributed by atoms with Gasteiger partial charge in [0.1, 0.15) is 5.75 Å². The van der Waals surface area contributed by atoms with Crippen molar-refractivity contribution in [2.45, 2.75) is 22.6 Å². The highest BCUT2D eigenvalue weighted by molar-refractivity contribution is 9.09. The lowest BCUT2D eigenvalue weighted by molar-refractivity contribution is 0.0600. The van der Waals surface area contributed by atoms with E-state index in [2.05, 4.69) is 15.9 Å². The maximum atomic E-state index is 11.4. The Kier molecular flexibility index (Phi) is 7.49. The lowest BCUT2D eigenvalue weighted by Crippen LogP contribution is -2.00. The normalized spacial score (nSPS) is 10.3. The van der Waals surface area contributed by atoms with E-state index in [9.17, 15) is 4.79 Å². The molecule has 0 heterocycles. The quantitative estimate of drug-likeness (QED) is 0.351. The Bertz CT molecular complexity index is 628. The predicted octanol–water partition coefficient (Wildman–Crippen LogP) is 5.18. The molecular formula is C18H19BrO3S. The molecule has 23 heavy (non-hydrogen) atoms. The minimum absolute atomic E-state index is 0.319. The van der Waals surface area contributed by atoms with Crippen molar-refractivity contribution < 1.29 is 14.3 Å². The molecular weight excluding hydrogens is 376 g/mol. The van der Waals surface area contributed by atoms with Crippen LogP contribution in [0.25, 0.3) is 0 Å². The van der Waals surface area contributed by atoms with Gasteiger partial charge in [-0.15, -0.1) is 0 Å². The molecule has 122 valence electrons. The standard InChI is InChI=1S/C18H19BrO3S/c1-21-18(20)14-7-9-16(10-8-14)23-17-6-4-5-15(13-17)22-12-3-2-11-19/h4-10,13H,2-3,11-12H2,1H3. The average Bonchev–Trinajstić information content (AvgIpc) is 2.59. The third kappa shape index (κ3) is 5.92. The molecule has 0 spiro atoms. The second-order valence-electron chi connectivity index (χ2n) is 4.84. The molecule has 0 aromatic heterocycles. The zero-order valence-corrected chi connectivity index (χ0v) is 15.4. The van der Waals surface area contributed by atoms with E-state index in [1.165, 1.54) is 7.11 Å². The van der Waals surface area contributed by atoms with Crippen LogP contribution in [0.5, 0.6) is 5.75 Å². The number of carbonyl (C=O) groups excluding carboxylic acids is 1. The van der Waals surface area contributed by atoms with Gasteiger partial charge < -0.3 is 9.47 Å². The Morgan fingerprint density at radius 3 is 2.57 bits per heavy atom. The van der Waals surface area contributed by atoms with Crippen LogP contribution in [-0.2, 0) is 4.74 Å². The summed E-state index contributed by atoms with van der Waals surface area (Å²) in [5.41, 5.74) is 0.556. The molecule has 0 atom stereocenters. The fraction of sp³-hybridized carbons (Fsp3) is 0.278. The molecule has 0 unspecified atom stereocenters. The number of esters is 1. The first-order valence-corrected chi connectivity index (χ1v) is 9.32. The van der Waals surface area contributed by atoms with Crippen molar-refractivity contribution in [3.63, 3.8) is 0 Å². The maximum Gasteiger partial charge on any atom is 0.337 e. The second-order valence-corrected chi connectivity index (χ2v) is 6.78. The largest absolute Gasteiger partial charge is 0.494 e. The number of carbonyl (C=O) groups is 1. The van der Waals surface area contributed by atoms with E-state index in [4.69, 9.17) is 9.47 Å². The van der Waals surface area contributed by atoms with Gasteiger partial charge in [0.25, 0.3) is 0 Å². The number of methoxy groups -OCH3 is 1. The van der Waals surface area contributed by atoms with E-state index in [0.29, 0.717) is 5.56 Å². The van der Waals surface area contributed by atoms with Gasteiger partial charge in [-0.3, -0.25) is 0 Å². The molecule has 0 amide bonds. The SMILES string of the molecule is COC(=O)c1ccc(Sc2cccc(OCCCCBr)c2)cc1. The number of hydrogen-bond donors (Lipinski definition) is 0. The molecule has 0 aliphatic carbocycles. The van der Waals surface area contributed by atoms with Crippen molar-refractivity contribution in [1.29, 1.82) is 0 Å². The Balaban J connectivity index is 1.95. The first-order chi connectivity index (χ1) is 11.2. The molecule has 0 radical (unpaired) electrons. The topological polar surface area (TPSA) is 35.5 Å². The van der Waals surface area contributed by atoms with E-state index in [0.717, 1.165) is 40.3 Å². The fourth-order valence-corrected chi connectivity index (χ4v) is 3.19. The van der Waals surface area contributed by atoms with Gasteiger partial charge in [0.15, 0.2) is 0 Å². The Morgan fingerprint density at radius 2 is 1.87 bits per heavy atom. The first-order valence-electron chi connectivity index (χ1n) is 7.38. The number of ether oxygens (including phenoxy) is 2. The van der Waals surface area contributed by atoms with E-state index in [1.54, 1.807) is 23.9 Å². The lowest BCUT2D eigenvalue weighted by Gasteiger charge is -2.08. The van der Waals surface area contributed by atoms with Crippen LogP contribution < -0.4 is 4.74 Å². The summed E-state index contributed by atoms with van der Waals surface area (Å²) >= 11 is 5.05. The monoisotopic (exact) mass is 394 g/mol. The molecule has 2 aromatic rings. The van der Waals surface area contributed by atoms with Crippen LogP contribution in [0.15, 0.2) is 58.3 Å². The van der Waals surface area contributed by atoms with Gasteiger partial charge in [-0.1, -0.05) is 33.8 Å². The van der Waals surface area contributed by atoms with Crippen LogP contribution >= 0.6 is 27.7 Å². The molecule has 2 rings (SSSR count). The number of halogens is 1. The van der Waals surface area contributed by atoms with Crippen molar-refractivity contribution in [3.05, 3.63) is 54.1 Å². The Hall–Kier alpha value is -1.46. The van der Waals surface area contributed by atoms with Gasteiger partial charge in [0.05, 0.1) is 19.3 Å². The summed E-state index contributed by atoms with van der Waals surface area (Å²) in [6.07, 6.45) is 2.15. The third-order valence-electron chi connectivity index (χ3n) is 3.11. The van der Waals surface area contributed by atoms with Crippen LogP contribution in [0.1, 0.15) is 23.2 Å². The van der Waals surface area contributed by atoms with E-state index >= 15 is 0 Å². The molecule has 2 aromatic carbocycles. The smallest absolute Gasteiger partial charge is 0.337 e. The van der Waals surface area contributed by atoms with Crippen molar-refractivity contribution >= 4 is 33.7 Å². The molecule has 0 aliphatic rings. The summed E-state index contributed by atoms with van der Waals surface area (Å²) in [6.45, 7) is 0.730. The number of unbranched alkanes of at least 4 members (excludes halogenated alkanes) is 1. The minimum atomic E-state index is -0.319. The van der Waals surface area contributed by atoms with Gasteiger partial charge in [0.2, 0.25) is 0 Å². The summed E-state index contributed by atoms with van der Waals surface area (Å²) < 4.78 is 10.5. The summed E-state index contributed by atoms with van der Waals surface area (Å²) in [5.74, 6) is 0.566. The molecule has 0 aliphatic heterocycles. The first kappa shape index (κ1) is 17.9. The van der Waals surface area contributed by atoms with Gasteiger partial charge in [0, 0.05) is 15.1 Å². The third-order valence-corrected chi connectivity index (χ3v) is 4.67. The van der Waals surface area contributed by atoms with Crippen molar-refractivity contribution in [2.24, 2.45) is 0 Å². The summed E-state index contributed by atoms with van der Waals surface area (Å²) in [7, 11) is 1.38. The fourth-order valence-electron chi connectivity index (χ4n) is 1.93. The van der Waals surface area contributed by atoms with Crippen molar-refractivity contribution in [3.8, 4) is 5.75 Å². The molecule has 0 saturated heterocycles. The van der Waals surface area contributed by atoms with E-state index in [1.807, 2.05) is 36.4 Å². The highest BCUT2D eigenvalue weighted by Crippen LogP contribution is 2.30. The summed E-state index contributed by atoms with van der Waals surface area (Å²) in [4.78, 5) is 13.6. The molecule has 0 saturated carbocycles. The molecule has 0 fully saturated rings. The zero-order chi connectivity index (χ0) is 16.5. The number of benzene rings is 2. The summed E-state index contributed by atoms with van der Waals surface area (Å²) in [6, 6.07) is 15.4. The van der Waals surface area contributed by atoms with Gasteiger partial charge in [-0.05, 0) is 55.3 Å². The van der Waals surface area contributed by atoms with E-state index < -0.39 is 0 Å². The molecule has 3 nitrogen and oxygen atoms in total.